The summed E-state index contributed by atoms with van der Waals surface area (Å²) in [5.41, 5.74) is 10.6. The number of benzene rings is 2. The fraction of sp³-hybridized carbons (Fsp3) is 0.500. The second kappa shape index (κ2) is 12.0. The van der Waals surface area contributed by atoms with Crippen molar-refractivity contribution in [3.05, 3.63) is 82.2 Å². The molecule has 0 bridgehead atoms. The lowest BCUT2D eigenvalue weighted by molar-refractivity contribution is -0.253. The van der Waals surface area contributed by atoms with E-state index in [1.165, 1.54) is 0 Å². The molecule has 0 radical (unpaired) electrons. The lowest BCUT2D eigenvalue weighted by Crippen LogP contribution is -2.62. The van der Waals surface area contributed by atoms with Gasteiger partial charge in [-0.15, -0.1) is 0 Å². The van der Waals surface area contributed by atoms with E-state index in [9.17, 15) is 15.4 Å². The van der Waals surface area contributed by atoms with Crippen LogP contribution in [0.2, 0.25) is 18.1 Å². The Morgan fingerprint density at radius 1 is 1.11 bits per heavy atom. The van der Waals surface area contributed by atoms with E-state index in [2.05, 4.69) is 43.9 Å². The molecule has 2 aromatic rings. The highest BCUT2D eigenvalue weighted by Gasteiger charge is 2.50. The minimum absolute atomic E-state index is 0.150. The summed E-state index contributed by atoms with van der Waals surface area (Å²) in [4.78, 5) is 15.5. The average Bonchev–Trinajstić information content (AvgIpc) is 2.84. The van der Waals surface area contributed by atoms with Crippen LogP contribution >= 0.6 is 0 Å². The lowest BCUT2D eigenvalue weighted by Gasteiger charge is -2.47. The number of esters is 1. The predicted octanol–water partition coefficient (Wildman–Crippen LogP) is 5.22. The third-order valence-corrected chi connectivity index (χ3v) is 11.2. The highest BCUT2D eigenvalue weighted by Crippen LogP contribution is 2.40. The Hall–Kier alpha value is -2.72. The molecule has 0 saturated carbocycles. The summed E-state index contributed by atoms with van der Waals surface area (Å²) in [6, 6.07) is 17.1. The first-order valence-electron chi connectivity index (χ1n) is 12.0. The van der Waals surface area contributed by atoms with Crippen LogP contribution in [0.5, 0.6) is 0 Å². The number of nitrogens with zero attached hydrogens (tertiary/aromatic N) is 3. The summed E-state index contributed by atoms with van der Waals surface area (Å²) in [7, 11) is -2.38. The van der Waals surface area contributed by atoms with Crippen molar-refractivity contribution in [3.8, 4) is 0 Å². The molecule has 0 amide bonds. The molecule has 36 heavy (non-hydrogen) atoms. The van der Waals surface area contributed by atoms with E-state index in [4.69, 9.17) is 18.6 Å². The Morgan fingerprint density at radius 3 is 2.31 bits per heavy atom. The normalized spacial score (nSPS) is 24.6. The van der Waals surface area contributed by atoms with Crippen LogP contribution in [0.4, 0.5) is 0 Å². The molecule has 5 atom stereocenters. The van der Waals surface area contributed by atoms with Gasteiger partial charge in [0.2, 0.25) is 0 Å². The number of carbonyl (C=O) groups is 1. The number of carbonyl (C=O) groups excluding carboxylic acids is 1. The van der Waals surface area contributed by atoms with Gasteiger partial charge in [-0.3, -0.25) is 0 Å². The predicted molar refractivity (Wildman–Crippen MR) is 138 cm³/mol. The van der Waals surface area contributed by atoms with E-state index in [-0.39, 0.29) is 18.3 Å². The molecule has 1 heterocycles. The summed E-state index contributed by atoms with van der Waals surface area (Å²) in [6.07, 6.45) is -4.10. The molecule has 0 spiro atoms. The van der Waals surface area contributed by atoms with Crippen molar-refractivity contribution in [2.45, 2.75) is 76.2 Å². The Kier molecular flexibility index (Phi) is 9.29. The zero-order valence-electron chi connectivity index (χ0n) is 21.4. The molecule has 2 aromatic carbocycles. The molecule has 194 valence electrons. The van der Waals surface area contributed by atoms with Crippen LogP contribution in [0, 0.1) is 0 Å². The number of aliphatic hydroxyl groups excluding tert-OH is 1. The summed E-state index contributed by atoms with van der Waals surface area (Å²) in [6.45, 7) is 10.3. The standard InChI is InChI=1S/C26H35N3O6Si/c1-26(2,3)36(4,5)35-25-21(28-29-27)23(32-16-18-12-8-6-9-13-18)22(30)20(34-25)17-33-24(31)19-14-10-7-11-15-19/h6-15,20-23,25,30H,16-17H2,1-5H3/t20-,21-,22-,23-,25+/m1/s1. The van der Waals surface area contributed by atoms with Crippen LogP contribution in [0.25, 0.3) is 10.4 Å². The van der Waals surface area contributed by atoms with Gasteiger partial charge in [0, 0.05) is 4.91 Å². The van der Waals surface area contributed by atoms with Crippen molar-refractivity contribution in [3.63, 3.8) is 0 Å². The van der Waals surface area contributed by atoms with Crippen molar-refractivity contribution in [1.82, 2.24) is 0 Å². The van der Waals surface area contributed by atoms with Gasteiger partial charge >= 0.3 is 5.97 Å². The van der Waals surface area contributed by atoms with Crippen molar-refractivity contribution in [2.24, 2.45) is 5.11 Å². The molecule has 9 nitrogen and oxygen atoms in total. The highest BCUT2D eigenvalue weighted by atomic mass is 28.4. The molecule has 1 aliphatic rings. The minimum Gasteiger partial charge on any atom is -0.459 e. The van der Waals surface area contributed by atoms with E-state index in [0.29, 0.717) is 5.56 Å². The van der Waals surface area contributed by atoms with Gasteiger partial charge in [-0.1, -0.05) is 74.4 Å². The molecule has 3 rings (SSSR count). The van der Waals surface area contributed by atoms with Gasteiger partial charge in [0.05, 0.1) is 18.3 Å². The molecule has 1 fully saturated rings. The maximum Gasteiger partial charge on any atom is 0.338 e. The van der Waals surface area contributed by atoms with Crippen LogP contribution in [-0.2, 0) is 25.2 Å². The van der Waals surface area contributed by atoms with E-state index >= 15 is 0 Å². The average molecular weight is 514 g/mol. The van der Waals surface area contributed by atoms with Crippen molar-refractivity contribution >= 4 is 14.3 Å². The third-order valence-electron chi connectivity index (χ3n) is 6.72. The number of rotatable bonds is 9. The lowest BCUT2D eigenvalue weighted by atomic mass is 9.97. The second-order valence-electron chi connectivity index (χ2n) is 10.3. The number of aliphatic hydroxyl groups is 1. The first-order valence-corrected chi connectivity index (χ1v) is 14.9. The maximum atomic E-state index is 12.5. The third kappa shape index (κ3) is 6.94. The van der Waals surface area contributed by atoms with Gasteiger partial charge in [0.1, 0.15) is 24.9 Å². The van der Waals surface area contributed by atoms with E-state index in [0.717, 1.165) is 5.56 Å². The maximum absolute atomic E-state index is 12.5. The number of ether oxygens (including phenoxy) is 3. The Bertz CT molecular complexity index is 1040. The van der Waals surface area contributed by atoms with Gasteiger partial charge < -0.3 is 23.7 Å². The smallest absolute Gasteiger partial charge is 0.338 e. The SMILES string of the molecule is CC(C)(C)[Si](C)(C)O[C@@H]1O[C@H](COC(=O)c2ccccc2)[C@@H](O)[C@H](OCc2ccccc2)[C@H]1N=[N+]=[N-]. The molecule has 0 aromatic heterocycles. The van der Waals surface area contributed by atoms with E-state index in [1.54, 1.807) is 30.3 Å². The van der Waals surface area contributed by atoms with Crippen LogP contribution in [-0.4, -0.2) is 56.6 Å². The van der Waals surface area contributed by atoms with Crippen LogP contribution in [0.1, 0.15) is 36.7 Å². The summed E-state index contributed by atoms with van der Waals surface area (Å²) in [5.74, 6) is -0.535. The van der Waals surface area contributed by atoms with Gasteiger partial charge in [-0.25, -0.2) is 4.79 Å². The zero-order chi connectivity index (χ0) is 26.3. The Morgan fingerprint density at radius 2 is 1.72 bits per heavy atom. The van der Waals surface area contributed by atoms with E-state index < -0.39 is 44.9 Å². The first kappa shape index (κ1) is 27.9. The summed E-state index contributed by atoms with van der Waals surface area (Å²) in [5, 5.41) is 15.0. The molecular formula is C26H35N3O6Si. The molecule has 1 N–H and O–H groups in total. The molecule has 0 unspecified atom stereocenters. The zero-order valence-corrected chi connectivity index (χ0v) is 22.4. The number of hydrogen-bond acceptors (Lipinski definition) is 7. The first-order chi connectivity index (χ1) is 17.0. The van der Waals surface area contributed by atoms with Crippen LogP contribution in [0.15, 0.2) is 65.8 Å². The van der Waals surface area contributed by atoms with Gasteiger partial charge in [0.15, 0.2) is 14.6 Å². The number of hydrogen-bond donors (Lipinski definition) is 1. The molecule has 1 aliphatic heterocycles. The topological polar surface area (TPSA) is 123 Å². The molecular weight excluding hydrogens is 478 g/mol. The molecule has 0 aliphatic carbocycles. The Labute approximate surface area is 213 Å². The molecule has 10 heteroatoms. The van der Waals surface area contributed by atoms with Crippen molar-refractivity contribution < 1.29 is 28.5 Å². The number of azide groups is 1. The quantitative estimate of drug-likeness (QED) is 0.161. The molecule has 1 saturated heterocycles. The minimum atomic E-state index is -2.38. The fourth-order valence-electron chi connectivity index (χ4n) is 3.56. The van der Waals surface area contributed by atoms with E-state index in [1.807, 2.05) is 30.3 Å². The monoisotopic (exact) mass is 513 g/mol. The highest BCUT2D eigenvalue weighted by molar-refractivity contribution is 6.74. The van der Waals surface area contributed by atoms with Crippen LogP contribution < -0.4 is 0 Å². The largest absolute Gasteiger partial charge is 0.459 e. The second-order valence-corrected chi connectivity index (χ2v) is 15.1. The van der Waals surface area contributed by atoms with Crippen molar-refractivity contribution in [2.75, 3.05) is 6.61 Å². The van der Waals surface area contributed by atoms with Gasteiger partial charge in [-0.05, 0) is 41.4 Å². The van der Waals surface area contributed by atoms with Crippen LogP contribution in [0.3, 0.4) is 0 Å². The summed E-state index contributed by atoms with van der Waals surface area (Å²) < 4.78 is 24.1. The van der Waals surface area contributed by atoms with Crippen molar-refractivity contribution in [1.29, 1.82) is 0 Å². The van der Waals surface area contributed by atoms with Gasteiger partial charge in [-0.2, -0.15) is 0 Å². The fourth-order valence-corrected chi connectivity index (χ4v) is 4.69. The Balaban J connectivity index is 1.85. The summed E-state index contributed by atoms with van der Waals surface area (Å²) >= 11 is 0. The van der Waals surface area contributed by atoms with Gasteiger partial charge in [0.25, 0.3) is 0 Å².